The first-order valence-corrected chi connectivity index (χ1v) is 6.90. The minimum Gasteiger partial charge on any atom is -0.464 e. The molecule has 0 amide bonds. The minimum absolute atomic E-state index is 0.0567. The predicted molar refractivity (Wildman–Crippen MR) is 83.4 cm³/mol. The highest BCUT2D eigenvalue weighted by Gasteiger charge is 2.24. The van der Waals surface area contributed by atoms with E-state index in [1.165, 1.54) is 23.9 Å². The number of nitrogen functional groups attached to an aromatic ring is 1. The van der Waals surface area contributed by atoms with Crippen molar-refractivity contribution in [1.29, 1.82) is 5.26 Å². The Kier molecular flexibility index (Phi) is 4.37. The summed E-state index contributed by atoms with van der Waals surface area (Å²) in [6.45, 7) is 0. The van der Waals surface area contributed by atoms with Gasteiger partial charge in [0.15, 0.2) is 5.69 Å². The van der Waals surface area contributed by atoms with Crippen LogP contribution in [0.1, 0.15) is 16.1 Å². The molecule has 8 heteroatoms. The van der Waals surface area contributed by atoms with Crippen molar-refractivity contribution in [3.63, 3.8) is 0 Å². The van der Waals surface area contributed by atoms with Gasteiger partial charge in [-0.2, -0.15) is 5.26 Å². The zero-order valence-corrected chi connectivity index (χ0v) is 13.4. The average Bonchev–Trinajstić information content (AvgIpc) is 2.81. The van der Waals surface area contributed by atoms with Gasteiger partial charge in [-0.1, -0.05) is 15.9 Å². The van der Waals surface area contributed by atoms with Crippen molar-refractivity contribution in [3.05, 3.63) is 39.9 Å². The highest BCUT2D eigenvalue weighted by atomic mass is 79.9. The maximum atomic E-state index is 14.4. The van der Waals surface area contributed by atoms with Crippen molar-refractivity contribution in [2.24, 2.45) is 0 Å². The van der Waals surface area contributed by atoms with Gasteiger partial charge in [0.2, 0.25) is 0 Å². The van der Waals surface area contributed by atoms with Crippen LogP contribution in [0.2, 0.25) is 0 Å². The van der Waals surface area contributed by atoms with E-state index in [4.69, 9.17) is 11.0 Å². The lowest BCUT2D eigenvalue weighted by Crippen LogP contribution is -2.13. The Morgan fingerprint density at radius 3 is 2.77 bits per heavy atom. The van der Waals surface area contributed by atoms with Gasteiger partial charge in [0.05, 0.1) is 24.0 Å². The fourth-order valence-electron chi connectivity index (χ4n) is 2.09. The maximum absolute atomic E-state index is 14.4. The first-order valence-electron chi connectivity index (χ1n) is 6.11. The van der Waals surface area contributed by atoms with Crippen LogP contribution in [0.25, 0.3) is 5.69 Å². The number of carbonyl (C=O) groups excluding carboxylic acids is 1. The lowest BCUT2D eigenvalue weighted by atomic mass is 10.2. The second kappa shape index (κ2) is 6.07. The number of esters is 1. The molecule has 0 saturated carbocycles. The Morgan fingerprint density at radius 2 is 2.23 bits per heavy atom. The summed E-state index contributed by atoms with van der Waals surface area (Å²) in [6, 6.07) is 4.76. The van der Waals surface area contributed by atoms with Crippen LogP contribution in [0.4, 0.5) is 15.8 Å². The number of nitriles is 1. The molecule has 2 aromatic rings. The van der Waals surface area contributed by atoms with Gasteiger partial charge in [-0.15, -0.1) is 0 Å². The van der Waals surface area contributed by atoms with Gasteiger partial charge in [0, 0.05) is 17.7 Å². The number of methoxy groups -OCH3 is 1. The number of nitrogens with one attached hydrogen (secondary N) is 1. The van der Waals surface area contributed by atoms with Gasteiger partial charge in [0.1, 0.15) is 17.6 Å². The van der Waals surface area contributed by atoms with Crippen molar-refractivity contribution < 1.29 is 13.9 Å². The van der Waals surface area contributed by atoms with Crippen LogP contribution in [0.15, 0.2) is 22.8 Å². The van der Waals surface area contributed by atoms with Crippen molar-refractivity contribution in [2.75, 3.05) is 25.2 Å². The predicted octanol–water partition coefficient (Wildman–Crippen LogP) is 2.66. The van der Waals surface area contributed by atoms with Crippen LogP contribution in [-0.2, 0) is 4.74 Å². The summed E-state index contributed by atoms with van der Waals surface area (Å²) in [4.78, 5) is 12.0. The van der Waals surface area contributed by atoms with E-state index in [1.54, 1.807) is 13.1 Å². The smallest absolute Gasteiger partial charge is 0.357 e. The van der Waals surface area contributed by atoms with Gasteiger partial charge < -0.3 is 20.4 Å². The molecule has 22 heavy (non-hydrogen) atoms. The molecule has 1 heterocycles. The molecule has 114 valence electrons. The van der Waals surface area contributed by atoms with Crippen molar-refractivity contribution >= 4 is 33.3 Å². The molecule has 0 unspecified atom stereocenters. The van der Waals surface area contributed by atoms with E-state index in [-0.39, 0.29) is 22.6 Å². The first kappa shape index (κ1) is 15.9. The number of nitrogens with zero attached hydrogens (tertiary/aromatic N) is 2. The van der Waals surface area contributed by atoms with Gasteiger partial charge in [-0.05, 0) is 12.1 Å². The average molecular weight is 367 g/mol. The number of nitrogens with two attached hydrogens (primary N) is 1. The molecule has 1 aromatic carbocycles. The van der Waals surface area contributed by atoms with Gasteiger partial charge in [0.25, 0.3) is 0 Å². The zero-order valence-electron chi connectivity index (χ0n) is 11.8. The van der Waals surface area contributed by atoms with E-state index < -0.39 is 11.8 Å². The molecule has 3 N–H and O–H groups in total. The SMILES string of the molecule is CNc1cc(Br)cc(F)c1-n1cc(C#N)c(N)c1C(=O)OC. The number of halogens is 2. The number of carbonyl (C=O) groups is 1. The summed E-state index contributed by atoms with van der Waals surface area (Å²) in [5, 5.41) is 11.9. The van der Waals surface area contributed by atoms with Crippen molar-refractivity contribution in [2.45, 2.75) is 0 Å². The topological polar surface area (TPSA) is 93.1 Å². The van der Waals surface area contributed by atoms with E-state index in [0.717, 1.165) is 0 Å². The largest absolute Gasteiger partial charge is 0.464 e. The molecule has 0 aliphatic heterocycles. The lowest BCUT2D eigenvalue weighted by Gasteiger charge is -2.14. The fraction of sp³-hybridized carbons (Fsp3) is 0.143. The molecule has 0 spiro atoms. The van der Waals surface area contributed by atoms with Gasteiger partial charge in [-0.3, -0.25) is 0 Å². The molecule has 0 radical (unpaired) electrons. The second-order valence-electron chi connectivity index (χ2n) is 4.31. The van der Waals surface area contributed by atoms with Crippen LogP contribution in [0, 0.1) is 17.1 Å². The Morgan fingerprint density at radius 1 is 1.55 bits per heavy atom. The number of aromatic nitrogens is 1. The molecule has 0 aliphatic carbocycles. The van der Waals surface area contributed by atoms with Crippen LogP contribution < -0.4 is 11.1 Å². The molecule has 0 saturated heterocycles. The van der Waals surface area contributed by atoms with E-state index in [9.17, 15) is 9.18 Å². The molecule has 0 atom stereocenters. The third kappa shape index (κ3) is 2.51. The van der Waals surface area contributed by atoms with Crippen LogP contribution in [0.3, 0.4) is 0 Å². The minimum atomic E-state index is -0.761. The van der Waals surface area contributed by atoms with Gasteiger partial charge in [-0.25, -0.2) is 9.18 Å². The highest BCUT2D eigenvalue weighted by molar-refractivity contribution is 9.10. The van der Waals surface area contributed by atoms with Gasteiger partial charge >= 0.3 is 5.97 Å². The number of rotatable bonds is 3. The summed E-state index contributed by atoms with van der Waals surface area (Å²) in [6.07, 6.45) is 1.30. The standard InChI is InChI=1S/C14H12BrFN4O2/c1-19-10-4-8(15)3-9(16)12(10)20-6-7(5-17)11(18)13(20)14(21)22-2/h3-4,6,19H,18H2,1-2H3. The van der Waals surface area contributed by atoms with Crippen LogP contribution in [0.5, 0.6) is 0 Å². The third-order valence-corrected chi connectivity index (χ3v) is 3.54. The van der Waals surface area contributed by atoms with E-state index >= 15 is 0 Å². The summed E-state index contributed by atoms with van der Waals surface area (Å²) in [5.41, 5.74) is 6.19. The zero-order chi connectivity index (χ0) is 16.4. The summed E-state index contributed by atoms with van der Waals surface area (Å²) < 4.78 is 20.8. The first-order chi connectivity index (χ1) is 10.4. The molecule has 0 bridgehead atoms. The third-order valence-electron chi connectivity index (χ3n) is 3.08. The molecule has 1 aromatic heterocycles. The van der Waals surface area contributed by atoms with E-state index in [2.05, 4.69) is 26.0 Å². The van der Waals surface area contributed by atoms with Crippen molar-refractivity contribution in [3.8, 4) is 11.8 Å². The number of ether oxygens (including phenoxy) is 1. The van der Waals surface area contributed by atoms with E-state index in [0.29, 0.717) is 10.2 Å². The maximum Gasteiger partial charge on any atom is 0.357 e. The summed E-state index contributed by atoms with van der Waals surface area (Å²) >= 11 is 3.20. The molecule has 2 rings (SSSR count). The molecule has 0 aliphatic rings. The van der Waals surface area contributed by atoms with Crippen LogP contribution in [-0.4, -0.2) is 24.7 Å². The summed E-state index contributed by atoms with van der Waals surface area (Å²) in [7, 11) is 2.79. The van der Waals surface area contributed by atoms with E-state index in [1.807, 2.05) is 6.07 Å². The Bertz CT molecular complexity index is 795. The molecular formula is C14H12BrFN4O2. The Balaban J connectivity index is 2.84. The number of hydrogen-bond donors (Lipinski definition) is 2. The number of hydrogen-bond acceptors (Lipinski definition) is 5. The second-order valence-corrected chi connectivity index (χ2v) is 5.23. The Labute approximate surface area is 134 Å². The monoisotopic (exact) mass is 366 g/mol. The highest BCUT2D eigenvalue weighted by Crippen LogP contribution is 2.32. The Hall–Kier alpha value is -2.53. The normalized spacial score (nSPS) is 10.1. The number of anilines is 2. The quantitative estimate of drug-likeness (QED) is 0.814. The molecular weight excluding hydrogens is 355 g/mol. The van der Waals surface area contributed by atoms with Crippen LogP contribution >= 0.6 is 15.9 Å². The molecule has 0 fully saturated rings. The lowest BCUT2D eigenvalue weighted by molar-refractivity contribution is 0.0593. The molecule has 6 nitrogen and oxygen atoms in total. The van der Waals surface area contributed by atoms with Crippen molar-refractivity contribution in [1.82, 2.24) is 4.57 Å². The fourth-order valence-corrected chi connectivity index (χ4v) is 2.52. The summed E-state index contributed by atoms with van der Waals surface area (Å²) in [5.74, 6) is -1.35. The number of benzene rings is 1.